The fraction of sp³-hybridized carbons (Fsp3) is 0.222. The van der Waals surface area contributed by atoms with E-state index in [1.165, 1.54) is 11.7 Å². The summed E-state index contributed by atoms with van der Waals surface area (Å²) in [5.41, 5.74) is 1.88. The van der Waals surface area contributed by atoms with E-state index in [-0.39, 0.29) is 0 Å². The van der Waals surface area contributed by atoms with Crippen molar-refractivity contribution in [1.82, 2.24) is 13.7 Å². The molecule has 0 radical (unpaired) electrons. The van der Waals surface area contributed by atoms with Crippen LogP contribution in [0.4, 0.5) is 5.82 Å². The zero-order chi connectivity index (χ0) is 9.80. The molecule has 14 heavy (non-hydrogen) atoms. The van der Waals surface area contributed by atoms with Crippen molar-refractivity contribution in [3.05, 3.63) is 24.5 Å². The maximum atomic E-state index is 4.23. The van der Waals surface area contributed by atoms with E-state index in [2.05, 4.69) is 19.0 Å². The van der Waals surface area contributed by atoms with Gasteiger partial charge in [0.25, 0.3) is 0 Å². The van der Waals surface area contributed by atoms with Crippen LogP contribution in [0.25, 0.3) is 11.3 Å². The molecule has 72 valence electrons. The van der Waals surface area contributed by atoms with E-state index >= 15 is 0 Å². The number of nitrogens with one attached hydrogen (secondary N) is 1. The molecule has 2 heterocycles. The molecule has 2 aromatic heterocycles. The highest BCUT2D eigenvalue weighted by molar-refractivity contribution is 6.99. The smallest absolute Gasteiger partial charge is 0.168 e. The van der Waals surface area contributed by atoms with Gasteiger partial charge in [0.05, 0.1) is 11.7 Å². The Morgan fingerprint density at radius 2 is 2.36 bits per heavy atom. The fourth-order valence-electron chi connectivity index (χ4n) is 1.16. The monoisotopic (exact) mass is 206 g/mol. The van der Waals surface area contributed by atoms with E-state index in [1.807, 2.05) is 19.1 Å². The molecule has 0 unspecified atom stereocenters. The van der Waals surface area contributed by atoms with Crippen molar-refractivity contribution in [2.24, 2.45) is 0 Å². The predicted molar refractivity (Wildman–Crippen MR) is 57.3 cm³/mol. The van der Waals surface area contributed by atoms with Gasteiger partial charge in [0.15, 0.2) is 5.82 Å². The van der Waals surface area contributed by atoms with Crippen molar-refractivity contribution in [2.75, 3.05) is 11.9 Å². The third kappa shape index (κ3) is 1.72. The molecule has 0 atom stereocenters. The predicted octanol–water partition coefficient (Wildman–Crippen LogP) is 2.03. The molecule has 0 amide bonds. The summed E-state index contributed by atoms with van der Waals surface area (Å²) in [4.78, 5) is 4.05. The SMILES string of the molecule is CCNc1nsnc1-c1cccnc1. The first-order valence-corrected chi connectivity index (χ1v) is 5.11. The second-order valence-corrected chi connectivity index (χ2v) is 3.26. The molecule has 5 heteroatoms. The summed E-state index contributed by atoms with van der Waals surface area (Å²) < 4.78 is 8.41. The Morgan fingerprint density at radius 3 is 3.07 bits per heavy atom. The van der Waals surface area contributed by atoms with Crippen LogP contribution in [-0.2, 0) is 0 Å². The number of nitrogens with zero attached hydrogens (tertiary/aromatic N) is 3. The van der Waals surface area contributed by atoms with Crippen molar-refractivity contribution < 1.29 is 0 Å². The van der Waals surface area contributed by atoms with Crippen LogP contribution in [0, 0.1) is 0 Å². The Labute approximate surface area is 86.3 Å². The topological polar surface area (TPSA) is 50.7 Å². The summed E-state index contributed by atoms with van der Waals surface area (Å²) in [6.07, 6.45) is 3.54. The van der Waals surface area contributed by atoms with Gasteiger partial charge < -0.3 is 5.32 Å². The zero-order valence-corrected chi connectivity index (χ0v) is 8.58. The average molecular weight is 206 g/mol. The summed E-state index contributed by atoms with van der Waals surface area (Å²) in [6, 6.07) is 3.87. The Balaban J connectivity index is 2.37. The van der Waals surface area contributed by atoms with E-state index in [0.717, 1.165) is 23.6 Å². The lowest BCUT2D eigenvalue weighted by Crippen LogP contribution is -1.98. The second-order valence-electron chi connectivity index (χ2n) is 2.73. The quantitative estimate of drug-likeness (QED) is 0.834. The van der Waals surface area contributed by atoms with Gasteiger partial charge in [-0.1, -0.05) is 0 Å². The highest BCUT2D eigenvalue weighted by atomic mass is 32.1. The van der Waals surface area contributed by atoms with Crippen LogP contribution in [0.5, 0.6) is 0 Å². The maximum Gasteiger partial charge on any atom is 0.168 e. The van der Waals surface area contributed by atoms with Crippen LogP contribution in [0.3, 0.4) is 0 Å². The van der Waals surface area contributed by atoms with Crippen LogP contribution in [-0.4, -0.2) is 20.3 Å². The molecule has 2 aromatic rings. The molecule has 0 bridgehead atoms. The standard InChI is InChI=1S/C9H10N4S/c1-2-11-9-8(12-14-13-9)7-4-3-5-10-6-7/h3-6H,2H2,1H3,(H,11,13). The Bertz CT molecular complexity index is 398. The molecule has 0 aliphatic heterocycles. The molecule has 0 saturated heterocycles. The summed E-state index contributed by atoms with van der Waals surface area (Å²) >= 11 is 1.21. The van der Waals surface area contributed by atoms with Crippen molar-refractivity contribution in [2.45, 2.75) is 6.92 Å². The molecule has 4 nitrogen and oxygen atoms in total. The Hall–Kier alpha value is -1.49. The van der Waals surface area contributed by atoms with Gasteiger partial charge in [-0.2, -0.15) is 8.75 Å². The van der Waals surface area contributed by atoms with Gasteiger partial charge in [-0.05, 0) is 19.1 Å². The number of rotatable bonds is 3. The lowest BCUT2D eigenvalue weighted by atomic mass is 10.2. The zero-order valence-electron chi connectivity index (χ0n) is 7.77. The second kappa shape index (κ2) is 4.15. The minimum Gasteiger partial charge on any atom is -0.368 e. The number of anilines is 1. The number of pyridine rings is 1. The lowest BCUT2D eigenvalue weighted by Gasteiger charge is -2.00. The van der Waals surface area contributed by atoms with Gasteiger partial charge in [-0.15, -0.1) is 0 Å². The lowest BCUT2D eigenvalue weighted by molar-refractivity contribution is 1.19. The molecular weight excluding hydrogens is 196 g/mol. The molecule has 0 aliphatic rings. The average Bonchev–Trinajstić information content (AvgIpc) is 2.68. The molecule has 1 N–H and O–H groups in total. The number of hydrogen-bond acceptors (Lipinski definition) is 5. The van der Waals surface area contributed by atoms with E-state index in [1.54, 1.807) is 12.4 Å². The van der Waals surface area contributed by atoms with E-state index < -0.39 is 0 Å². The first-order chi connectivity index (χ1) is 6.92. The van der Waals surface area contributed by atoms with E-state index in [9.17, 15) is 0 Å². The first kappa shape index (κ1) is 9.08. The van der Waals surface area contributed by atoms with Crippen LogP contribution >= 0.6 is 11.7 Å². The first-order valence-electron chi connectivity index (χ1n) is 4.38. The molecule has 0 spiro atoms. The van der Waals surface area contributed by atoms with Gasteiger partial charge in [-0.25, -0.2) is 0 Å². The van der Waals surface area contributed by atoms with Gasteiger partial charge >= 0.3 is 0 Å². The van der Waals surface area contributed by atoms with Crippen LogP contribution in [0.1, 0.15) is 6.92 Å². The molecular formula is C9H10N4S. The number of hydrogen-bond donors (Lipinski definition) is 1. The van der Waals surface area contributed by atoms with Gasteiger partial charge in [-0.3, -0.25) is 4.98 Å². The molecule has 0 aliphatic carbocycles. The summed E-state index contributed by atoms with van der Waals surface area (Å²) in [6.45, 7) is 2.88. The summed E-state index contributed by atoms with van der Waals surface area (Å²) in [7, 11) is 0. The van der Waals surface area contributed by atoms with Crippen molar-refractivity contribution in [3.8, 4) is 11.3 Å². The van der Waals surface area contributed by atoms with Gasteiger partial charge in [0, 0.05) is 24.5 Å². The summed E-state index contributed by atoms with van der Waals surface area (Å²) in [5.74, 6) is 0.838. The third-order valence-electron chi connectivity index (χ3n) is 1.77. The molecule has 0 saturated carbocycles. The largest absolute Gasteiger partial charge is 0.368 e. The van der Waals surface area contributed by atoms with Crippen LogP contribution < -0.4 is 5.32 Å². The minimum atomic E-state index is 0.838. The molecule has 0 fully saturated rings. The Kier molecular flexibility index (Phi) is 2.69. The highest BCUT2D eigenvalue weighted by Crippen LogP contribution is 2.24. The molecule has 2 rings (SSSR count). The summed E-state index contributed by atoms with van der Waals surface area (Å²) in [5, 5.41) is 3.16. The van der Waals surface area contributed by atoms with Gasteiger partial charge in [0.1, 0.15) is 5.69 Å². The minimum absolute atomic E-state index is 0.838. The maximum absolute atomic E-state index is 4.23. The van der Waals surface area contributed by atoms with Crippen LogP contribution in [0.15, 0.2) is 24.5 Å². The van der Waals surface area contributed by atoms with E-state index in [0.29, 0.717) is 0 Å². The van der Waals surface area contributed by atoms with E-state index in [4.69, 9.17) is 0 Å². The molecule has 0 aromatic carbocycles. The fourth-order valence-corrected chi connectivity index (χ4v) is 1.71. The van der Waals surface area contributed by atoms with Crippen LogP contribution in [0.2, 0.25) is 0 Å². The highest BCUT2D eigenvalue weighted by Gasteiger charge is 2.08. The third-order valence-corrected chi connectivity index (χ3v) is 2.30. The van der Waals surface area contributed by atoms with Crippen molar-refractivity contribution in [3.63, 3.8) is 0 Å². The number of aromatic nitrogens is 3. The van der Waals surface area contributed by atoms with Crippen molar-refractivity contribution >= 4 is 17.5 Å². The van der Waals surface area contributed by atoms with Gasteiger partial charge in [0.2, 0.25) is 0 Å². The Morgan fingerprint density at radius 1 is 1.43 bits per heavy atom. The normalized spacial score (nSPS) is 10.1. The van der Waals surface area contributed by atoms with Crippen molar-refractivity contribution in [1.29, 1.82) is 0 Å².